The van der Waals surface area contributed by atoms with Gasteiger partial charge in [-0.25, -0.2) is 18.1 Å². The Morgan fingerprint density at radius 3 is 2.51 bits per heavy atom. The van der Waals surface area contributed by atoms with E-state index in [4.69, 9.17) is 0 Å². The first-order chi connectivity index (χ1) is 18.3. The van der Waals surface area contributed by atoms with Gasteiger partial charge in [-0.05, 0) is 56.2 Å². The highest BCUT2D eigenvalue weighted by molar-refractivity contribution is 7.70. The standard InChI is InChI=1S/C25H36BF3N6O3S/c1-16(32-17(2)36)19-7-9-20(10-8-19)33-23-31-15-21(25(27,28)29)22(34-23)30-14-18-6-4-3-5-12-24(26,13-11-18)35-39(37)38/h7-10,15-16,18,39H,3-6,11-14,26H2,1-2H3,(H,32,36)(H,35,37,38)(H2,30,31,33,34)/t16-,18?,24?/m1/s1. The van der Waals surface area contributed by atoms with Crippen molar-refractivity contribution in [2.24, 2.45) is 5.92 Å². The molecule has 0 aliphatic heterocycles. The number of halogens is 3. The van der Waals surface area contributed by atoms with Gasteiger partial charge in [0.1, 0.15) is 19.2 Å². The van der Waals surface area contributed by atoms with Crippen molar-refractivity contribution < 1.29 is 26.4 Å². The molecule has 3 atom stereocenters. The Bertz CT molecular complexity index is 1190. The molecular weight excluding hydrogens is 532 g/mol. The summed E-state index contributed by atoms with van der Waals surface area (Å²) in [5.41, 5.74) is -0.0595. The van der Waals surface area contributed by atoms with Crippen LogP contribution < -0.4 is 20.7 Å². The minimum atomic E-state index is -4.64. The van der Waals surface area contributed by atoms with Crippen molar-refractivity contribution in [3.05, 3.63) is 41.6 Å². The molecule has 1 aliphatic rings. The van der Waals surface area contributed by atoms with E-state index in [9.17, 15) is 26.4 Å². The Balaban J connectivity index is 1.73. The predicted octanol–water partition coefficient (Wildman–Crippen LogP) is 3.65. The van der Waals surface area contributed by atoms with Gasteiger partial charge < -0.3 is 16.0 Å². The summed E-state index contributed by atoms with van der Waals surface area (Å²) in [5.74, 6) is -0.389. The molecular formula is C25H36BF3N6O3S. The Labute approximate surface area is 229 Å². The van der Waals surface area contributed by atoms with Gasteiger partial charge in [0, 0.05) is 30.8 Å². The Morgan fingerprint density at radius 2 is 1.87 bits per heavy atom. The lowest BCUT2D eigenvalue weighted by molar-refractivity contribution is -0.137. The Hall–Kier alpha value is -2.87. The molecule has 1 heterocycles. The minimum absolute atomic E-state index is 0.0126. The second-order valence-electron chi connectivity index (χ2n) is 10.4. The maximum atomic E-state index is 13.7. The van der Waals surface area contributed by atoms with Gasteiger partial charge in [-0.1, -0.05) is 31.4 Å². The van der Waals surface area contributed by atoms with E-state index in [0.29, 0.717) is 18.5 Å². The molecule has 2 unspecified atom stereocenters. The number of benzene rings is 1. The van der Waals surface area contributed by atoms with Crippen LogP contribution in [0.4, 0.5) is 30.6 Å². The van der Waals surface area contributed by atoms with Crippen molar-refractivity contribution in [1.82, 2.24) is 20.0 Å². The fourth-order valence-electron chi connectivity index (χ4n) is 4.85. The molecule has 1 aromatic heterocycles. The van der Waals surface area contributed by atoms with Crippen LogP contribution in [0.3, 0.4) is 0 Å². The van der Waals surface area contributed by atoms with Crippen molar-refractivity contribution in [2.45, 2.75) is 76.4 Å². The summed E-state index contributed by atoms with van der Waals surface area (Å²) in [6.45, 7) is 3.56. The first kappa shape index (κ1) is 30.7. The lowest BCUT2D eigenvalue weighted by Crippen LogP contribution is -2.45. The molecule has 1 fully saturated rings. The van der Waals surface area contributed by atoms with Crippen LogP contribution in [-0.4, -0.2) is 44.1 Å². The van der Waals surface area contributed by atoms with E-state index in [0.717, 1.165) is 43.9 Å². The molecule has 0 radical (unpaired) electrons. The molecule has 2 aromatic rings. The monoisotopic (exact) mass is 568 g/mol. The topological polar surface area (TPSA) is 125 Å². The molecule has 1 aromatic carbocycles. The lowest BCUT2D eigenvalue weighted by atomic mass is 9.71. The van der Waals surface area contributed by atoms with Crippen molar-refractivity contribution in [3.63, 3.8) is 0 Å². The van der Waals surface area contributed by atoms with Crippen molar-refractivity contribution in [1.29, 1.82) is 0 Å². The number of thiol groups is 1. The SMILES string of the molecule is BC1(N[SH](=O)=O)CCCCCC(CNc2nc(Nc3ccc([C@@H](C)NC(C)=O)cc3)ncc2C(F)(F)F)CC1. The predicted molar refractivity (Wildman–Crippen MR) is 148 cm³/mol. The van der Waals surface area contributed by atoms with E-state index < -0.39 is 28.1 Å². The third kappa shape index (κ3) is 9.68. The van der Waals surface area contributed by atoms with Gasteiger partial charge in [-0.2, -0.15) is 18.2 Å². The highest BCUT2D eigenvalue weighted by atomic mass is 32.2. The van der Waals surface area contributed by atoms with E-state index >= 15 is 0 Å². The number of nitrogens with zero attached hydrogens (tertiary/aromatic N) is 2. The molecule has 9 nitrogen and oxygen atoms in total. The summed E-state index contributed by atoms with van der Waals surface area (Å²) in [4.78, 5) is 19.3. The fraction of sp³-hybridized carbons (Fsp3) is 0.560. The molecule has 1 aliphatic carbocycles. The van der Waals surface area contributed by atoms with Crippen molar-refractivity contribution in [3.8, 4) is 0 Å². The molecule has 39 heavy (non-hydrogen) atoms. The van der Waals surface area contributed by atoms with Crippen LogP contribution in [0.5, 0.6) is 0 Å². The quantitative estimate of drug-likeness (QED) is 0.231. The summed E-state index contributed by atoms with van der Waals surface area (Å²) in [7, 11) is -0.862. The van der Waals surface area contributed by atoms with Gasteiger partial charge in [0.2, 0.25) is 22.7 Å². The molecule has 214 valence electrons. The van der Waals surface area contributed by atoms with Gasteiger partial charge in [-0.15, -0.1) is 0 Å². The Morgan fingerprint density at radius 1 is 1.15 bits per heavy atom. The van der Waals surface area contributed by atoms with Gasteiger partial charge in [0.05, 0.1) is 6.04 Å². The second kappa shape index (κ2) is 13.5. The molecule has 0 saturated heterocycles. The smallest absolute Gasteiger partial charge is 0.369 e. The largest absolute Gasteiger partial charge is 0.421 e. The molecule has 1 amide bonds. The number of anilines is 3. The molecule has 14 heteroatoms. The van der Waals surface area contributed by atoms with Crippen LogP contribution in [0.1, 0.15) is 76.0 Å². The lowest BCUT2D eigenvalue weighted by Gasteiger charge is -2.29. The van der Waals surface area contributed by atoms with E-state index in [1.807, 2.05) is 14.8 Å². The van der Waals surface area contributed by atoms with Gasteiger partial charge in [0.25, 0.3) is 0 Å². The van der Waals surface area contributed by atoms with E-state index in [1.54, 1.807) is 24.3 Å². The maximum Gasteiger partial charge on any atom is 0.421 e. The second-order valence-corrected chi connectivity index (χ2v) is 11.2. The van der Waals surface area contributed by atoms with E-state index in [1.165, 1.54) is 6.92 Å². The van der Waals surface area contributed by atoms with Crippen LogP contribution in [0.25, 0.3) is 0 Å². The summed E-state index contributed by atoms with van der Waals surface area (Å²) in [6, 6.07) is 6.88. The molecule has 0 spiro atoms. The van der Waals surface area contributed by atoms with Crippen molar-refractivity contribution >= 4 is 42.1 Å². The van der Waals surface area contributed by atoms with Crippen LogP contribution >= 0.6 is 0 Å². The zero-order valence-corrected chi connectivity index (χ0v) is 23.3. The first-order valence-corrected chi connectivity index (χ1v) is 14.3. The number of rotatable bonds is 9. The number of aromatic nitrogens is 2. The number of nitrogens with one attached hydrogen (secondary N) is 4. The molecule has 3 rings (SSSR count). The van der Waals surface area contributed by atoms with Crippen molar-refractivity contribution in [2.75, 3.05) is 17.2 Å². The van der Waals surface area contributed by atoms with Crippen LogP contribution in [0, 0.1) is 5.92 Å². The molecule has 4 N–H and O–H groups in total. The first-order valence-electron chi connectivity index (χ1n) is 13.1. The number of carbonyl (C=O) groups is 1. The van der Waals surface area contributed by atoms with Gasteiger partial charge in [0.15, 0.2) is 0 Å². The number of hydrogen-bond donors (Lipinski definition) is 5. The number of amides is 1. The fourth-order valence-corrected chi connectivity index (χ4v) is 5.52. The normalized spacial score (nSPS) is 21.3. The van der Waals surface area contributed by atoms with E-state index in [-0.39, 0.29) is 36.2 Å². The highest BCUT2D eigenvalue weighted by Crippen LogP contribution is 2.35. The number of alkyl halides is 3. The summed E-state index contributed by atoms with van der Waals surface area (Å²) in [5, 5.41) is 8.64. The number of carbonyl (C=O) groups excluding carboxylic acids is 1. The van der Waals surface area contributed by atoms with Crippen LogP contribution in [0.2, 0.25) is 0 Å². The van der Waals surface area contributed by atoms with Gasteiger partial charge in [-0.3, -0.25) is 4.79 Å². The van der Waals surface area contributed by atoms with Crippen LogP contribution in [-0.2, 0) is 21.9 Å². The minimum Gasteiger partial charge on any atom is -0.369 e. The average Bonchev–Trinajstić information content (AvgIpc) is 2.92. The highest BCUT2D eigenvalue weighted by Gasteiger charge is 2.35. The third-order valence-electron chi connectivity index (χ3n) is 7.05. The summed E-state index contributed by atoms with van der Waals surface area (Å²) in [6.07, 6.45) is 1.69. The number of hydrogen-bond acceptors (Lipinski definition) is 7. The zero-order valence-electron chi connectivity index (χ0n) is 22.4. The van der Waals surface area contributed by atoms with E-state index in [2.05, 4.69) is 30.6 Å². The maximum absolute atomic E-state index is 13.7. The average molecular weight is 568 g/mol. The zero-order chi connectivity index (χ0) is 28.6. The Kier molecular flexibility index (Phi) is 10.6. The summed E-state index contributed by atoms with van der Waals surface area (Å²) < 4.78 is 66.5. The molecule has 1 saturated carbocycles. The molecule has 0 bridgehead atoms. The third-order valence-corrected chi connectivity index (χ3v) is 7.77. The van der Waals surface area contributed by atoms with Crippen LogP contribution in [0.15, 0.2) is 30.5 Å². The summed E-state index contributed by atoms with van der Waals surface area (Å²) >= 11 is 0. The van der Waals surface area contributed by atoms with Gasteiger partial charge >= 0.3 is 6.18 Å².